The molecule has 1 aromatic rings. The van der Waals surface area contributed by atoms with Crippen LogP contribution in [0.25, 0.3) is 0 Å². The molecule has 1 atom stereocenters. The second-order valence-corrected chi connectivity index (χ2v) is 3.42. The maximum Gasteiger partial charge on any atom is 0.224 e. The lowest BCUT2D eigenvalue weighted by Crippen LogP contribution is -2.20. The summed E-state index contributed by atoms with van der Waals surface area (Å²) in [5.74, 6) is 0.734. The minimum absolute atomic E-state index is 0.143. The minimum Gasteiger partial charge on any atom is -0.347 e. The molecule has 0 aliphatic heterocycles. The van der Waals surface area contributed by atoms with Crippen LogP contribution >= 0.6 is 0 Å². The van der Waals surface area contributed by atoms with Gasteiger partial charge in [0, 0.05) is 38.4 Å². The number of hydrogen-bond acceptors (Lipinski definition) is 4. The lowest BCUT2D eigenvalue weighted by atomic mass is 10.2. The first-order valence-corrected chi connectivity index (χ1v) is 4.34. The lowest BCUT2D eigenvalue weighted by molar-refractivity contribution is 0.718. The van der Waals surface area contributed by atoms with Crippen LogP contribution in [-0.2, 0) is 6.42 Å². The Hall–Kier alpha value is -1.16. The van der Waals surface area contributed by atoms with Crippen molar-refractivity contribution in [3.63, 3.8) is 0 Å². The van der Waals surface area contributed by atoms with Crippen molar-refractivity contribution < 1.29 is 0 Å². The Bertz CT molecular complexity index is 270. The SMILES string of the molecule is CC(N)Cc1ccnc(N(C)C)n1. The van der Waals surface area contributed by atoms with Crippen LogP contribution in [0.15, 0.2) is 12.3 Å². The highest BCUT2D eigenvalue weighted by Crippen LogP contribution is 2.04. The molecule has 4 nitrogen and oxygen atoms in total. The maximum atomic E-state index is 5.68. The summed E-state index contributed by atoms with van der Waals surface area (Å²) in [5, 5.41) is 0. The Morgan fingerprint density at radius 1 is 1.54 bits per heavy atom. The van der Waals surface area contributed by atoms with E-state index in [1.165, 1.54) is 0 Å². The van der Waals surface area contributed by atoms with Crippen LogP contribution in [-0.4, -0.2) is 30.1 Å². The molecule has 0 aromatic carbocycles. The van der Waals surface area contributed by atoms with Crippen LogP contribution in [0.4, 0.5) is 5.95 Å². The zero-order valence-electron chi connectivity index (χ0n) is 8.36. The molecule has 1 rings (SSSR count). The van der Waals surface area contributed by atoms with Gasteiger partial charge in [-0.2, -0.15) is 0 Å². The number of anilines is 1. The van der Waals surface area contributed by atoms with Crippen molar-refractivity contribution in [3.05, 3.63) is 18.0 Å². The molecule has 0 saturated heterocycles. The second-order valence-electron chi connectivity index (χ2n) is 3.42. The van der Waals surface area contributed by atoms with E-state index in [-0.39, 0.29) is 6.04 Å². The maximum absolute atomic E-state index is 5.68. The smallest absolute Gasteiger partial charge is 0.224 e. The van der Waals surface area contributed by atoms with E-state index in [4.69, 9.17) is 5.73 Å². The fourth-order valence-corrected chi connectivity index (χ4v) is 1.04. The third-order valence-electron chi connectivity index (χ3n) is 1.63. The van der Waals surface area contributed by atoms with Crippen LogP contribution in [0.3, 0.4) is 0 Å². The molecule has 0 fully saturated rings. The lowest BCUT2D eigenvalue weighted by Gasteiger charge is -2.11. The first-order chi connectivity index (χ1) is 6.09. The van der Waals surface area contributed by atoms with Crippen LogP contribution < -0.4 is 10.6 Å². The summed E-state index contributed by atoms with van der Waals surface area (Å²) >= 11 is 0. The van der Waals surface area contributed by atoms with Gasteiger partial charge < -0.3 is 10.6 Å². The van der Waals surface area contributed by atoms with E-state index in [0.29, 0.717) is 0 Å². The quantitative estimate of drug-likeness (QED) is 0.733. The predicted octanol–water partition coefficient (Wildman–Crippen LogP) is 0.432. The fourth-order valence-electron chi connectivity index (χ4n) is 1.04. The zero-order valence-corrected chi connectivity index (χ0v) is 8.36. The largest absolute Gasteiger partial charge is 0.347 e. The standard InChI is InChI=1S/C9H16N4/c1-7(10)6-8-4-5-11-9(12-8)13(2)3/h4-5,7H,6,10H2,1-3H3. The van der Waals surface area contributed by atoms with E-state index in [9.17, 15) is 0 Å². The summed E-state index contributed by atoms with van der Waals surface area (Å²) in [6.07, 6.45) is 2.56. The highest BCUT2D eigenvalue weighted by Gasteiger charge is 2.02. The van der Waals surface area contributed by atoms with Crippen molar-refractivity contribution in [2.45, 2.75) is 19.4 Å². The molecule has 2 N–H and O–H groups in total. The molecule has 72 valence electrons. The Kier molecular flexibility index (Phi) is 3.19. The van der Waals surface area contributed by atoms with Crippen LogP contribution in [0, 0.1) is 0 Å². The molecule has 0 amide bonds. The predicted molar refractivity (Wildman–Crippen MR) is 53.7 cm³/mol. The highest BCUT2D eigenvalue weighted by molar-refractivity contribution is 5.27. The van der Waals surface area contributed by atoms with Crippen molar-refractivity contribution in [2.75, 3.05) is 19.0 Å². The van der Waals surface area contributed by atoms with Gasteiger partial charge in [0.2, 0.25) is 5.95 Å². The van der Waals surface area contributed by atoms with Gasteiger partial charge in [-0.3, -0.25) is 0 Å². The molecule has 0 radical (unpaired) electrons. The van der Waals surface area contributed by atoms with Crippen molar-refractivity contribution in [1.29, 1.82) is 0 Å². The molecule has 0 bridgehead atoms. The third kappa shape index (κ3) is 2.99. The Morgan fingerprint density at radius 2 is 2.23 bits per heavy atom. The van der Waals surface area contributed by atoms with Gasteiger partial charge in [0.15, 0.2) is 0 Å². The summed E-state index contributed by atoms with van der Waals surface area (Å²) < 4.78 is 0. The van der Waals surface area contributed by atoms with Crippen LogP contribution in [0.1, 0.15) is 12.6 Å². The average molecular weight is 180 g/mol. The second kappa shape index (κ2) is 4.18. The monoisotopic (exact) mass is 180 g/mol. The van der Waals surface area contributed by atoms with Gasteiger partial charge in [-0.25, -0.2) is 9.97 Å². The molecule has 0 aliphatic rings. The van der Waals surface area contributed by atoms with E-state index >= 15 is 0 Å². The van der Waals surface area contributed by atoms with E-state index in [1.807, 2.05) is 32.0 Å². The van der Waals surface area contributed by atoms with E-state index in [1.54, 1.807) is 6.20 Å². The fraction of sp³-hybridized carbons (Fsp3) is 0.556. The van der Waals surface area contributed by atoms with Gasteiger partial charge in [-0.15, -0.1) is 0 Å². The third-order valence-corrected chi connectivity index (χ3v) is 1.63. The van der Waals surface area contributed by atoms with Crippen molar-refractivity contribution >= 4 is 5.95 Å². The summed E-state index contributed by atoms with van der Waals surface area (Å²) in [7, 11) is 3.84. The number of nitrogens with two attached hydrogens (primary N) is 1. The Labute approximate surface area is 78.8 Å². The van der Waals surface area contributed by atoms with Gasteiger partial charge in [-0.1, -0.05) is 0 Å². The van der Waals surface area contributed by atoms with Gasteiger partial charge in [0.25, 0.3) is 0 Å². The van der Waals surface area contributed by atoms with Crippen molar-refractivity contribution in [2.24, 2.45) is 5.73 Å². The minimum atomic E-state index is 0.143. The summed E-state index contributed by atoms with van der Waals surface area (Å²) in [5.41, 5.74) is 6.67. The Balaban J connectivity index is 2.79. The highest BCUT2D eigenvalue weighted by atomic mass is 15.2. The van der Waals surface area contributed by atoms with Gasteiger partial charge >= 0.3 is 0 Å². The number of aromatic nitrogens is 2. The zero-order chi connectivity index (χ0) is 9.84. The van der Waals surface area contributed by atoms with Crippen LogP contribution in [0.5, 0.6) is 0 Å². The molecule has 4 heteroatoms. The van der Waals surface area contributed by atoms with Crippen molar-refractivity contribution in [1.82, 2.24) is 9.97 Å². The average Bonchev–Trinajstić information content (AvgIpc) is 2.03. The number of hydrogen-bond donors (Lipinski definition) is 1. The van der Waals surface area contributed by atoms with E-state index in [0.717, 1.165) is 18.1 Å². The number of rotatable bonds is 3. The van der Waals surface area contributed by atoms with E-state index in [2.05, 4.69) is 9.97 Å². The van der Waals surface area contributed by atoms with Gasteiger partial charge in [0.05, 0.1) is 0 Å². The summed E-state index contributed by atoms with van der Waals surface area (Å²) in [4.78, 5) is 10.3. The first kappa shape index (κ1) is 9.92. The van der Waals surface area contributed by atoms with Crippen LogP contribution in [0.2, 0.25) is 0 Å². The molecule has 0 spiro atoms. The first-order valence-electron chi connectivity index (χ1n) is 4.34. The summed E-state index contributed by atoms with van der Waals surface area (Å²) in [6.45, 7) is 1.97. The summed E-state index contributed by atoms with van der Waals surface area (Å²) in [6, 6.07) is 2.04. The molecule has 0 aliphatic carbocycles. The topological polar surface area (TPSA) is 55.0 Å². The molecule has 1 heterocycles. The molecule has 1 unspecified atom stereocenters. The van der Waals surface area contributed by atoms with Gasteiger partial charge in [0.1, 0.15) is 0 Å². The molecular weight excluding hydrogens is 164 g/mol. The van der Waals surface area contributed by atoms with Gasteiger partial charge in [-0.05, 0) is 13.0 Å². The molecule has 1 aromatic heterocycles. The number of nitrogens with zero attached hydrogens (tertiary/aromatic N) is 3. The van der Waals surface area contributed by atoms with E-state index < -0.39 is 0 Å². The Morgan fingerprint density at radius 3 is 2.77 bits per heavy atom. The molecule has 13 heavy (non-hydrogen) atoms. The molecular formula is C9H16N4. The molecule has 0 saturated carbocycles. The van der Waals surface area contributed by atoms with Crippen molar-refractivity contribution in [3.8, 4) is 0 Å². The normalized spacial score (nSPS) is 12.6.